The number of aryl methyl sites for hydroxylation is 1. The first-order chi connectivity index (χ1) is 10.0. The van der Waals surface area contributed by atoms with Crippen LogP contribution in [0.4, 0.5) is 0 Å². The molecule has 0 radical (unpaired) electrons. The Balaban J connectivity index is 2.28. The van der Waals surface area contributed by atoms with Gasteiger partial charge in [-0.3, -0.25) is 24.4 Å². The highest BCUT2D eigenvalue weighted by Gasteiger charge is 2.24. The number of aromatic amines is 2. The van der Waals surface area contributed by atoms with E-state index in [2.05, 4.69) is 20.5 Å². The van der Waals surface area contributed by atoms with Crippen LogP contribution in [0.1, 0.15) is 13.8 Å². The molecule has 0 aliphatic heterocycles. The van der Waals surface area contributed by atoms with Crippen molar-refractivity contribution in [2.45, 2.75) is 20.4 Å². The van der Waals surface area contributed by atoms with E-state index in [9.17, 15) is 14.2 Å². The van der Waals surface area contributed by atoms with Crippen molar-refractivity contribution in [3.05, 3.63) is 20.7 Å². The van der Waals surface area contributed by atoms with E-state index in [1.165, 1.54) is 4.68 Å². The van der Waals surface area contributed by atoms with E-state index < -0.39 is 18.7 Å². The average molecular weight is 317 g/mol. The molecule has 0 aromatic carbocycles. The zero-order valence-corrected chi connectivity index (χ0v) is 12.6. The fraction of sp³-hybridized carbons (Fsp3) is 0.600. The molecule has 21 heavy (non-hydrogen) atoms. The smallest absolute Gasteiger partial charge is 0.309 e. The minimum atomic E-state index is -3.25. The lowest BCUT2D eigenvalue weighted by Crippen LogP contribution is -2.21. The molecule has 0 saturated carbocycles. The van der Waals surface area contributed by atoms with Crippen molar-refractivity contribution in [3.8, 4) is 0 Å². The Morgan fingerprint density at radius 3 is 2.38 bits per heavy atom. The molecule has 0 saturated heterocycles. The van der Waals surface area contributed by atoms with Gasteiger partial charge in [-0.25, -0.2) is 4.68 Å². The molecule has 0 amide bonds. The predicted octanol–water partition coefficient (Wildman–Crippen LogP) is 0.0740. The lowest BCUT2D eigenvalue weighted by Gasteiger charge is -2.16. The molecular weight excluding hydrogens is 301 g/mol. The summed E-state index contributed by atoms with van der Waals surface area (Å²) in [5.41, 5.74) is -1.12. The molecule has 116 valence electrons. The zero-order valence-electron chi connectivity index (χ0n) is 11.7. The summed E-state index contributed by atoms with van der Waals surface area (Å²) >= 11 is 0. The normalized spacial score (nSPS) is 12.1. The summed E-state index contributed by atoms with van der Waals surface area (Å²) in [4.78, 5) is 23.2. The van der Waals surface area contributed by atoms with E-state index in [1.54, 1.807) is 13.8 Å². The molecule has 0 atom stereocenters. The molecule has 2 aromatic heterocycles. The third-order valence-electron chi connectivity index (χ3n) is 2.69. The molecule has 0 spiro atoms. The Morgan fingerprint density at radius 1 is 1.14 bits per heavy atom. The van der Waals surface area contributed by atoms with Crippen molar-refractivity contribution in [3.63, 3.8) is 0 Å². The first-order valence-electron chi connectivity index (χ1n) is 6.43. The SMILES string of the molecule is CCOP(=O)(CCn1nnc2c(=O)[nH][nH]c(=O)c21)OCC. The number of rotatable bonds is 7. The van der Waals surface area contributed by atoms with E-state index in [0.717, 1.165) is 0 Å². The van der Waals surface area contributed by atoms with E-state index in [0.29, 0.717) is 0 Å². The van der Waals surface area contributed by atoms with Crippen molar-refractivity contribution in [1.29, 1.82) is 0 Å². The topological polar surface area (TPSA) is 132 Å². The van der Waals surface area contributed by atoms with Gasteiger partial charge in [-0.15, -0.1) is 5.10 Å². The zero-order chi connectivity index (χ0) is 15.5. The average Bonchev–Trinajstić information content (AvgIpc) is 2.87. The van der Waals surface area contributed by atoms with Crippen molar-refractivity contribution in [2.24, 2.45) is 0 Å². The number of nitrogens with zero attached hydrogens (tertiary/aromatic N) is 3. The van der Waals surface area contributed by atoms with Gasteiger partial charge in [0.1, 0.15) is 0 Å². The van der Waals surface area contributed by atoms with Crippen LogP contribution in [0.2, 0.25) is 0 Å². The van der Waals surface area contributed by atoms with Gasteiger partial charge in [0.2, 0.25) is 0 Å². The fourth-order valence-corrected chi connectivity index (χ4v) is 3.41. The maximum absolute atomic E-state index is 12.3. The Bertz CT molecular complexity index is 768. The third-order valence-corrected chi connectivity index (χ3v) is 4.74. The van der Waals surface area contributed by atoms with E-state index in [4.69, 9.17) is 9.05 Å². The monoisotopic (exact) mass is 317 g/mol. The van der Waals surface area contributed by atoms with Crippen LogP contribution in [0.15, 0.2) is 9.59 Å². The van der Waals surface area contributed by atoms with Gasteiger partial charge in [-0.1, -0.05) is 5.21 Å². The van der Waals surface area contributed by atoms with Gasteiger partial charge in [0, 0.05) is 0 Å². The maximum Gasteiger partial charge on any atom is 0.332 e. The standard InChI is InChI=1S/C10H16N5O5P/c1-3-19-21(18,20-4-2)6-5-15-8-7(11-14-15)9(16)12-13-10(8)17/h3-6H2,1-2H3,(H,12,16)(H,13,17). The Kier molecular flexibility index (Phi) is 4.71. The first-order valence-corrected chi connectivity index (χ1v) is 8.16. The van der Waals surface area contributed by atoms with Crippen molar-refractivity contribution >= 4 is 18.6 Å². The highest BCUT2D eigenvalue weighted by molar-refractivity contribution is 7.53. The molecule has 0 fully saturated rings. The molecule has 2 aromatic rings. The van der Waals surface area contributed by atoms with Crippen molar-refractivity contribution in [2.75, 3.05) is 19.4 Å². The lowest BCUT2D eigenvalue weighted by molar-refractivity contribution is 0.219. The molecule has 0 aliphatic carbocycles. The number of fused-ring (bicyclic) bond motifs is 1. The summed E-state index contributed by atoms with van der Waals surface area (Å²) in [7, 11) is -3.25. The van der Waals surface area contributed by atoms with Crippen LogP contribution in [-0.2, 0) is 20.2 Å². The van der Waals surface area contributed by atoms with Crippen LogP contribution in [-0.4, -0.2) is 44.6 Å². The first kappa shape index (κ1) is 15.6. The van der Waals surface area contributed by atoms with Gasteiger partial charge >= 0.3 is 7.60 Å². The van der Waals surface area contributed by atoms with Gasteiger partial charge in [-0.2, -0.15) is 0 Å². The number of hydrogen-bond donors (Lipinski definition) is 2. The second-order valence-corrected chi connectivity index (χ2v) is 6.27. The maximum atomic E-state index is 12.3. The summed E-state index contributed by atoms with van der Waals surface area (Å²) in [6.07, 6.45) is 0.0272. The molecule has 2 heterocycles. The summed E-state index contributed by atoms with van der Waals surface area (Å²) < 4.78 is 23.9. The minimum Gasteiger partial charge on any atom is -0.309 e. The largest absolute Gasteiger partial charge is 0.332 e. The van der Waals surface area contributed by atoms with Gasteiger partial charge in [-0.05, 0) is 13.8 Å². The van der Waals surface area contributed by atoms with E-state index >= 15 is 0 Å². The van der Waals surface area contributed by atoms with Crippen LogP contribution in [0.3, 0.4) is 0 Å². The summed E-state index contributed by atoms with van der Waals surface area (Å²) in [6, 6.07) is 0. The van der Waals surface area contributed by atoms with E-state index in [-0.39, 0.29) is 37.0 Å². The van der Waals surface area contributed by atoms with Crippen LogP contribution in [0.5, 0.6) is 0 Å². The summed E-state index contributed by atoms with van der Waals surface area (Å²) in [5, 5.41) is 11.7. The molecular formula is C10H16N5O5P. The van der Waals surface area contributed by atoms with Crippen LogP contribution >= 0.6 is 7.60 Å². The molecule has 0 bridgehead atoms. The number of aromatic nitrogens is 5. The third kappa shape index (κ3) is 3.29. The molecule has 0 unspecified atom stereocenters. The van der Waals surface area contributed by atoms with Crippen LogP contribution in [0, 0.1) is 0 Å². The van der Waals surface area contributed by atoms with Gasteiger partial charge in [0.05, 0.1) is 25.9 Å². The Labute approximate surface area is 119 Å². The number of nitrogens with one attached hydrogen (secondary N) is 2. The van der Waals surface area contributed by atoms with Crippen LogP contribution in [0.25, 0.3) is 11.0 Å². The van der Waals surface area contributed by atoms with Gasteiger partial charge in [0.25, 0.3) is 11.1 Å². The fourth-order valence-electron chi connectivity index (χ4n) is 1.86. The van der Waals surface area contributed by atoms with Crippen molar-refractivity contribution in [1.82, 2.24) is 25.2 Å². The summed E-state index contributed by atoms with van der Waals surface area (Å²) in [5.74, 6) is 0. The van der Waals surface area contributed by atoms with Crippen LogP contribution < -0.4 is 11.1 Å². The molecule has 2 N–H and O–H groups in total. The summed E-state index contributed by atoms with van der Waals surface area (Å²) in [6.45, 7) is 3.99. The molecule has 10 nitrogen and oxygen atoms in total. The second-order valence-electron chi connectivity index (χ2n) is 4.09. The van der Waals surface area contributed by atoms with Gasteiger partial charge in [0.15, 0.2) is 11.0 Å². The van der Waals surface area contributed by atoms with Gasteiger partial charge < -0.3 is 9.05 Å². The molecule has 0 aliphatic rings. The minimum absolute atomic E-state index is 0.0262. The van der Waals surface area contributed by atoms with Crippen molar-refractivity contribution < 1.29 is 13.6 Å². The quantitative estimate of drug-likeness (QED) is 0.691. The Morgan fingerprint density at radius 2 is 1.76 bits per heavy atom. The lowest BCUT2D eigenvalue weighted by atomic mass is 10.4. The second kappa shape index (κ2) is 6.33. The molecule has 2 rings (SSSR count). The highest BCUT2D eigenvalue weighted by Crippen LogP contribution is 2.47. The highest BCUT2D eigenvalue weighted by atomic mass is 31.2. The molecule has 11 heteroatoms. The number of H-pyrrole nitrogens is 2. The predicted molar refractivity (Wildman–Crippen MR) is 74.5 cm³/mol. The van der Waals surface area contributed by atoms with E-state index in [1.807, 2.05) is 0 Å². The number of hydrogen-bond acceptors (Lipinski definition) is 7. The Hall–Kier alpha value is -1.77.